The summed E-state index contributed by atoms with van der Waals surface area (Å²) >= 11 is 0. The first-order valence-corrected chi connectivity index (χ1v) is 7.11. The quantitative estimate of drug-likeness (QED) is 0.924. The van der Waals surface area contributed by atoms with Crippen LogP contribution in [0.3, 0.4) is 0 Å². The fraction of sp³-hybridized carbons (Fsp3) is 0.500. The van der Waals surface area contributed by atoms with Crippen molar-refractivity contribution in [2.45, 2.75) is 38.8 Å². The van der Waals surface area contributed by atoms with E-state index in [1.165, 1.54) is 0 Å². The summed E-state index contributed by atoms with van der Waals surface area (Å²) in [6.07, 6.45) is 0.329. The second-order valence-electron chi connectivity index (χ2n) is 5.87. The van der Waals surface area contributed by atoms with Gasteiger partial charge in [-0.25, -0.2) is 0 Å². The molecular formula is C16H22N2O3. The van der Waals surface area contributed by atoms with E-state index in [4.69, 9.17) is 4.74 Å². The number of hydrogen-bond donors (Lipinski definition) is 1. The van der Waals surface area contributed by atoms with Gasteiger partial charge in [0.25, 0.3) is 0 Å². The molecule has 0 aliphatic carbocycles. The Morgan fingerprint density at radius 1 is 1.24 bits per heavy atom. The van der Waals surface area contributed by atoms with Crippen molar-refractivity contribution in [2.75, 3.05) is 13.7 Å². The fourth-order valence-corrected chi connectivity index (χ4v) is 2.58. The Kier molecular flexibility index (Phi) is 4.21. The molecule has 1 unspecified atom stereocenters. The first-order valence-electron chi connectivity index (χ1n) is 7.11. The maximum atomic E-state index is 12.6. The molecule has 2 rings (SSSR count). The highest BCUT2D eigenvalue weighted by molar-refractivity contribution is 5.93. The summed E-state index contributed by atoms with van der Waals surface area (Å²) in [4.78, 5) is 26.1. The number of nitrogens with zero attached hydrogens (tertiary/aromatic N) is 1. The molecule has 1 heterocycles. The highest BCUT2D eigenvalue weighted by Crippen LogP contribution is 2.26. The molecule has 0 aromatic heterocycles. The van der Waals surface area contributed by atoms with E-state index in [0.29, 0.717) is 13.0 Å². The number of carbonyl (C=O) groups excluding carboxylic acids is 2. The average Bonchev–Trinajstić information content (AvgIpc) is 2.55. The summed E-state index contributed by atoms with van der Waals surface area (Å²) in [5.74, 6) is 0.639. The molecule has 2 amide bonds. The van der Waals surface area contributed by atoms with Crippen LogP contribution in [0.2, 0.25) is 0 Å². The summed E-state index contributed by atoms with van der Waals surface area (Å²) in [5, 5.41) is 2.77. The topological polar surface area (TPSA) is 58.6 Å². The number of methoxy groups -OCH3 is 1. The van der Waals surface area contributed by atoms with Gasteiger partial charge in [-0.2, -0.15) is 0 Å². The molecule has 5 heteroatoms. The number of rotatable bonds is 3. The van der Waals surface area contributed by atoms with Gasteiger partial charge >= 0.3 is 0 Å². The third-order valence-electron chi connectivity index (χ3n) is 3.89. The average molecular weight is 290 g/mol. The highest BCUT2D eigenvalue weighted by Gasteiger charge is 2.38. The monoisotopic (exact) mass is 290 g/mol. The van der Waals surface area contributed by atoms with Crippen LogP contribution in [-0.2, 0) is 9.59 Å². The number of hydrogen-bond acceptors (Lipinski definition) is 3. The van der Waals surface area contributed by atoms with Gasteiger partial charge < -0.3 is 15.0 Å². The third kappa shape index (κ3) is 3.17. The second-order valence-corrected chi connectivity index (χ2v) is 5.87. The van der Waals surface area contributed by atoms with Crippen LogP contribution < -0.4 is 10.1 Å². The Balaban J connectivity index is 2.25. The van der Waals surface area contributed by atoms with Crippen LogP contribution in [-0.4, -0.2) is 35.9 Å². The van der Waals surface area contributed by atoms with E-state index in [-0.39, 0.29) is 17.9 Å². The molecule has 0 saturated carbocycles. The van der Waals surface area contributed by atoms with Crippen molar-refractivity contribution in [3.63, 3.8) is 0 Å². The van der Waals surface area contributed by atoms with Crippen molar-refractivity contribution in [1.82, 2.24) is 10.2 Å². The molecule has 21 heavy (non-hydrogen) atoms. The predicted octanol–water partition coefficient (Wildman–Crippen LogP) is 1.88. The molecule has 1 aromatic rings. The molecule has 1 aliphatic heterocycles. The minimum absolute atomic E-state index is 0.0586. The SMILES string of the molecule is COc1ccc(C(C)N2CCC(=O)NC(C)(C)C2=O)cc1. The number of amides is 2. The Morgan fingerprint density at radius 2 is 1.86 bits per heavy atom. The van der Waals surface area contributed by atoms with Crippen molar-refractivity contribution in [2.24, 2.45) is 0 Å². The molecule has 0 bridgehead atoms. The molecule has 0 radical (unpaired) electrons. The molecule has 1 aromatic carbocycles. The van der Waals surface area contributed by atoms with E-state index in [0.717, 1.165) is 11.3 Å². The third-order valence-corrected chi connectivity index (χ3v) is 3.89. The standard InChI is InChI=1S/C16H22N2O3/c1-11(12-5-7-13(21-4)8-6-12)18-10-9-14(19)17-16(2,3)15(18)20/h5-8,11H,9-10H2,1-4H3,(H,17,19). The second kappa shape index (κ2) is 5.76. The van der Waals surface area contributed by atoms with Crippen LogP contribution in [0.25, 0.3) is 0 Å². The molecule has 0 spiro atoms. The lowest BCUT2D eigenvalue weighted by molar-refractivity contribution is -0.139. The van der Waals surface area contributed by atoms with Crippen molar-refractivity contribution < 1.29 is 14.3 Å². The highest BCUT2D eigenvalue weighted by atomic mass is 16.5. The minimum atomic E-state index is -0.867. The van der Waals surface area contributed by atoms with Gasteiger partial charge in [-0.15, -0.1) is 0 Å². The summed E-state index contributed by atoms with van der Waals surface area (Å²) in [6, 6.07) is 7.56. The van der Waals surface area contributed by atoms with Crippen molar-refractivity contribution in [3.05, 3.63) is 29.8 Å². The lowest BCUT2D eigenvalue weighted by Crippen LogP contribution is -2.53. The molecular weight excluding hydrogens is 268 g/mol. The predicted molar refractivity (Wildman–Crippen MR) is 80.0 cm³/mol. The van der Waals surface area contributed by atoms with Crippen molar-refractivity contribution in [1.29, 1.82) is 0 Å². The Morgan fingerprint density at radius 3 is 2.43 bits per heavy atom. The van der Waals surface area contributed by atoms with E-state index in [9.17, 15) is 9.59 Å². The fourth-order valence-electron chi connectivity index (χ4n) is 2.58. The van der Waals surface area contributed by atoms with E-state index < -0.39 is 5.54 Å². The normalized spacial score (nSPS) is 19.7. The zero-order valence-electron chi connectivity index (χ0n) is 13.0. The van der Waals surface area contributed by atoms with Gasteiger partial charge in [0.2, 0.25) is 11.8 Å². The maximum Gasteiger partial charge on any atom is 0.248 e. The first kappa shape index (κ1) is 15.4. The number of carbonyl (C=O) groups is 2. The van der Waals surface area contributed by atoms with Gasteiger partial charge in [-0.3, -0.25) is 9.59 Å². The van der Waals surface area contributed by atoms with Gasteiger partial charge in [0.15, 0.2) is 0 Å². The largest absolute Gasteiger partial charge is 0.497 e. The lowest BCUT2D eigenvalue weighted by atomic mass is 10.0. The molecule has 114 valence electrons. The van der Waals surface area contributed by atoms with Gasteiger partial charge in [-0.05, 0) is 38.5 Å². The summed E-state index contributed by atoms with van der Waals surface area (Å²) < 4.78 is 5.15. The number of ether oxygens (including phenoxy) is 1. The number of benzene rings is 1. The van der Waals surface area contributed by atoms with Crippen LogP contribution in [0.4, 0.5) is 0 Å². The first-order chi connectivity index (χ1) is 9.85. The van der Waals surface area contributed by atoms with Gasteiger partial charge in [0.05, 0.1) is 13.2 Å². The van der Waals surface area contributed by atoms with E-state index in [1.807, 2.05) is 31.2 Å². The minimum Gasteiger partial charge on any atom is -0.497 e. The molecule has 1 aliphatic rings. The van der Waals surface area contributed by atoms with Crippen LogP contribution in [0.15, 0.2) is 24.3 Å². The van der Waals surface area contributed by atoms with E-state index >= 15 is 0 Å². The van der Waals surface area contributed by atoms with Crippen LogP contribution in [0.1, 0.15) is 38.8 Å². The van der Waals surface area contributed by atoms with Crippen LogP contribution in [0, 0.1) is 0 Å². The van der Waals surface area contributed by atoms with E-state index in [1.54, 1.807) is 25.9 Å². The molecule has 1 atom stereocenters. The lowest BCUT2D eigenvalue weighted by Gasteiger charge is -2.33. The van der Waals surface area contributed by atoms with Crippen molar-refractivity contribution >= 4 is 11.8 Å². The van der Waals surface area contributed by atoms with Crippen LogP contribution in [0.5, 0.6) is 5.75 Å². The molecule has 1 saturated heterocycles. The molecule has 1 fully saturated rings. The zero-order valence-corrected chi connectivity index (χ0v) is 13.0. The van der Waals surface area contributed by atoms with Crippen LogP contribution >= 0.6 is 0 Å². The Hall–Kier alpha value is -2.04. The van der Waals surface area contributed by atoms with Gasteiger partial charge in [0.1, 0.15) is 11.3 Å². The Bertz CT molecular complexity index is 537. The van der Waals surface area contributed by atoms with Gasteiger partial charge in [0, 0.05) is 13.0 Å². The van der Waals surface area contributed by atoms with E-state index in [2.05, 4.69) is 5.32 Å². The molecule has 5 nitrogen and oxygen atoms in total. The smallest absolute Gasteiger partial charge is 0.248 e. The number of nitrogens with one attached hydrogen (secondary N) is 1. The molecule has 1 N–H and O–H groups in total. The maximum absolute atomic E-state index is 12.6. The Labute approximate surface area is 125 Å². The summed E-state index contributed by atoms with van der Waals surface area (Å²) in [7, 11) is 1.62. The van der Waals surface area contributed by atoms with Gasteiger partial charge in [-0.1, -0.05) is 12.1 Å². The summed E-state index contributed by atoms with van der Waals surface area (Å²) in [5.41, 5.74) is 0.156. The zero-order chi connectivity index (χ0) is 15.6. The van der Waals surface area contributed by atoms with Crippen molar-refractivity contribution in [3.8, 4) is 5.75 Å². The summed E-state index contributed by atoms with van der Waals surface area (Å²) in [6.45, 7) is 5.89.